The predicted octanol–water partition coefficient (Wildman–Crippen LogP) is 4.11. The van der Waals surface area contributed by atoms with Gasteiger partial charge in [0.05, 0.1) is 5.69 Å². The SMILES string of the molecule is CCC(N)Cc1ccc(N(C)C2CCCC2)c(Br)c1. The molecule has 1 aromatic carbocycles. The highest BCUT2D eigenvalue weighted by Crippen LogP contribution is 2.32. The fourth-order valence-electron chi connectivity index (χ4n) is 2.90. The van der Waals surface area contributed by atoms with Crippen LogP contribution in [0.4, 0.5) is 5.69 Å². The highest BCUT2D eigenvalue weighted by molar-refractivity contribution is 9.10. The molecule has 0 spiro atoms. The summed E-state index contributed by atoms with van der Waals surface area (Å²) in [5, 5.41) is 0. The van der Waals surface area contributed by atoms with Gasteiger partial charge in [0.25, 0.3) is 0 Å². The molecule has 2 rings (SSSR count). The van der Waals surface area contributed by atoms with Crippen LogP contribution < -0.4 is 10.6 Å². The van der Waals surface area contributed by atoms with E-state index in [0.717, 1.165) is 12.8 Å². The Bertz CT molecular complexity index is 413. The quantitative estimate of drug-likeness (QED) is 0.883. The average Bonchev–Trinajstić information content (AvgIpc) is 2.92. The molecule has 0 aromatic heterocycles. The Labute approximate surface area is 125 Å². The van der Waals surface area contributed by atoms with Crippen molar-refractivity contribution < 1.29 is 0 Å². The summed E-state index contributed by atoms with van der Waals surface area (Å²) >= 11 is 3.72. The Balaban J connectivity index is 2.09. The van der Waals surface area contributed by atoms with Gasteiger partial charge in [-0.3, -0.25) is 0 Å². The van der Waals surface area contributed by atoms with E-state index in [4.69, 9.17) is 5.73 Å². The van der Waals surface area contributed by atoms with Crippen molar-refractivity contribution in [1.29, 1.82) is 0 Å². The molecule has 106 valence electrons. The maximum atomic E-state index is 6.03. The van der Waals surface area contributed by atoms with E-state index in [1.54, 1.807) is 0 Å². The molecule has 2 N–H and O–H groups in total. The number of anilines is 1. The zero-order valence-electron chi connectivity index (χ0n) is 12.0. The Kier molecular flexibility index (Phi) is 5.28. The van der Waals surface area contributed by atoms with Gasteiger partial charge in [-0.05, 0) is 59.3 Å². The summed E-state index contributed by atoms with van der Waals surface area (Å²) in [6.45, 7) is 2.14. The molecule has 0 aliphatic heterocycles. The van der Waals surface area contributed by atoms with Crippen molar-refractivity contribution >= 4 is 21.6 Å². The van der Waals surface area contributed by atoms with Gasteiger partial charge in [0.2, 0.25) is 0 Å². The first-order valence-electron chi connectivity index (χ1n) is 7.38. The van der Waals surface area contributed by atoms with Crippen LogP contribution in [0.2, 0.25) is 0 Å². The predicted molar refractivity (Wildman–Crippen MR) is 86.8 cm³/mol. The topological polar surface area (TPSA) is 29.3 Å². The maximum Gasteiger partial charge on any atom is 0.0510 e. The second-order valence-corrected chi connectivity index (χ2v) is 6.56. The summed E-state index contributed by atoms with van der Waals surface area (Å²) in [7, 11) is 2.22. The lowest BCUT2D eigenvalue weighted by Gasteiger charge is -2.28. The van der Waals surface area contributed by atoms with Gasteiger partial charge in [0.1, 0.15) is 0 Å². The minimum absolute atomic E-state index is 0.269. The smallest absolute Gasteiger partial charge is 0.0510 e. The zero-order chi connectivity index (χ0) is 13.8. The molecule has 2 nitrogen and oxygen atoms in total. The second kappa shape index (κ2) is 6.76. The van der Waals surface area contributed by atoms with Crippen LogP contribution in [0.15, 0.2) is 22.7 Å². The van der Waals surface area contributed by atoms with Gasteiger partial charge in [-0.2, -0.15) is 0 Å². The van der Waals surface area contributed by atoms with Crippen molar-refractivity contribution in [2.75, 3.05) is 11.9 Å². The minimum atomic E-state index is 0.269. The largest absolute Gasteiger partial charge is 0.371 e. The number of nitrogens with zero attached hydrogens (tertiary/aromatic N) is 1. The third-order valence-corrected chi connectivity index (χ3v) is 4.92. The molecule has 0 saturated heterocycles. The molecule has 3 heteroatoms. The molecule has 1 aliphatic carbocycles. The highest BCUT2D eigenvalue weighted by atomic mass is 79.9. The fraction of sp³-hybridized carbons (Fsp3) is 0.625. The van der Waals surface area contributed by atoms with Crippen molar-refractivity contribution in [2.24, 2.45) is 5.73 Å². The summed E-state index contributed by atoms with van der Waals surface area (Å²) in [6, 6.07) is 7.67. The van der Waals surface area contributed by atoms with E-state index in [2.05, 4.69) is 53.0 Å². The first-order valence-corrected chi connectivity index (χ1v) is 8.18. The second-order valence-electron chi connectivity index (χ2n) is 5.71. The van der Waals surface area contributed by atoms with Gasteiger partial charge in [0.15, 0.2) is 0 Å². The van der Waals surface area contributed by atoms with E-state index in [1.165, 1.54) is 41.4 Å². The Morgan fingerprint density at radius 2 is 2.05 bits per heavy atom. The summed E-state index contributed by atoms with van der Waals surface area (Å²) in [4.78, 5) is 2.43. The third kappa shape index (κ3) is 3.73. The van der Waals surface area contributed by atoms with Crippen molar-refractivity contribution in [2.45, 2.75) is 57.5 Å². The van der Waals surface area contributed by atoms with E-state index in [9.17, 15) is 0 Å². The molecule has 1 fully saturated rings. The number of rotatable bonds is 5. The van der Waals surface area contributed by atoms with Gasteiger partial charge in [0, 0.05) is 23.6 Å². The van der Waals surface area contributed by atoms with Gasteiger partial charge >= 0.3 is 0 Å². The first-order chi connectivity index (χ1) is 9.11. The van der Waals surface area contributed by atoms with Crippen molar-refractivity contribution in [3.63, 3.8) is 0 Å². The van der Waals surface area contributed by atoms with E-state index in [0.29, 0.717) is 6.04 Å². The van der Waals surface area contributed by atoms with Crippen molar-refractivity contribution in [3.8, 4) is 0 Å². The lowest BCUT2D eigenvalue weighted by atomic mass is 10.0. The molecular weight excluding hydrogens is 300 g/mol. The van der Waals surface area contributed by atoms with Gasteiger partial charge < -0.3 is 10.6 Å². The van der Waals surface area contributed by atoms with Crippen LogP contribution in [0.1, 0.15) is 44.6 Å². The maximum absolute atomic E-state index is 6.03. The van der Waals surface area contributed by atoms with Crippen LogP contribution in [-0.4, -0.2) is 19.1 Å². The van der Waals surface area contributed by atoms with E-state index < -0.39 is 0 Å². The molecule has 19 heavy (non-hydrogen) atoms. The van der Waals surface area contributed by atoms with Crippen LogP contribution in [0.25, 0.3) is 0 Å². The number of hydrogen-bond acceptors (Lipinski definition) is 2. The first kappa shape index (κ1) is 14.9. The number of benzene rings is 1. The van der Waals surface area contributed by atoms with Crippen molar-refractivity contribution in [3.05, 3.63) is 28.2 Å². The van der Waals surface area contributed by atoms with Gasteiger partial charge in [-0.15, -0.1) is 0 Å². The molecule has 0 heterocycles. The Hall–Kier alpha value is -0.540. The summed E-state index contributed by atoms with van der Waals surface area (Å²) in [5.74, 6) is 0. The molecule has 1 saturated carbocycles. The van der Waals surface area contributed by atoms with Crippen LogP contribution >= 0.6 is 15.9 Å². The monoisotopic (exact) mass is 324 g/mol. The molecule has 1 unspecified atom stereocenters. The molecule has 0 radical (unpaired) electrons. The molecule has 1 aliphatic rings. The van der Waals surface area contributed by atoms with E-state index in [1.807, 2.05) is 0 Å². The highest BCUT2D eigenvalue weighted by Gasteiger charge is 2.21. The van der Waals surface area contributed by atoms with Crippen LogP contribution in [0, 0.1) is 0 Å². The van der Waals surface area contributed by atoms with E-state index in [-0.39, 0.29) is 6.04 Å². The lowest BCUT2D eigenvalue weighted by Crippen LogP contribution is -2.29. The Morgan fingerprint density at radius 3 is 2.63 bits per heavy atom. The Morgan fingerprint density at radius 1 is 1.37 bits per heavy atom. The van der Waals surface area contributed by atoms with Crippen LogP contribution in [-0.2, 0) is 6.42 Å². The molecule has 0 bridgehead atoms. The fourth-order valence-corrected chi connectivity index (χ4v) is 3.60. The summed E-state index contributed by atoms with van der Waals surface area (Å²) in [5.41, 5.74) is 8.66. The zero-order valence-corrected chi connectivity index (χ0v) is 13.6. The van der Waals surface area contributed by atoms with Crippen LogP contribution in [0.3, 0.4) is 0 Å². The summed E-state index contributed by atoms with van der Waals surface area (Å²) < 4.78 is 1.20. The number of hydrogen-bond donors (Lipinski definition) is 1. The molecule has 1 aromatic rings. The average molecular weight is 325 g/mol. The lowest BCUT2D eigenvalue weighted by molar-refractivity contribution is 0.643. The molecule has 1 atom stereocenters. The van der Waals surface area contributed by atoms with E-state index >= 15 is 0 Å². The van der Waals surface area contributed by atoms with Gasteiger partial charge in [-0.1, -0.05) is 25.8 Å². The third-order valence-electron chi connectivity index (χ3n) is 4.29. The van der Waals surface area contributed by atoms with Gasteiger partial charge in [-0.25, -0.2) is 0 Å². The normalized spacial score (nSPS) is 17.7. The standard InChI is InChI=1S/C16H25BrN2/c1-3-13(18)10-12-8-9-16(15(17)11-12)19(2)14-6-4-5-7-14/h8-9,11,13-14H,3-7,10,18H2,1-2H3. The van der Waals surface area contributed by atoms with Crippen LogP contribution in [0.5, 0.6) is 0 Å². The number of nitrogens with two attached hydrogens (primary N) is 1. The summed E-state index contributed by atoms with van der Waals surface area (Å²) in [6.07, 6.45) is 7.38. The molecular formula is C16H25BrN2. The molecule has 0 amide bonds. The number of halogens is 1. The van der Waals surface area contributed by atoms with Crippen molar-refractivity contribution in [1.82, 2.24) is 0 Å². The minimum Gasteiger partial charge on any atom is -0.371 e.